The number of carbonyl (C=O) groups is 1. The fraction of sp³-hybridized carbons (Fsp3) is 0.875. The molecule has 10 aliphatic rings. The van der Waals surface area contributed by atoms with Gasteiger partial charge in [0.25, 0.3) is 0 Å². The van der Waals surface area contributed by atoms with Gasteiger partial charge in [0.15, 0.2) is 5.79 Å². The minimum absolute atomic E-state index is 0.0260. The van der Waals surface area contributed by atoms with Gasteiger partial charge in [-0.05, 0) is 62.0 Å². The van der Waals surface area contributed by atoms with Gasteiger partial charge < -0.3 is 52.8 Å². The Morgan fingerprint density at radius 3 is 2.37 bits per heavy atom. The minimum Gasteiger partial charge on any atom is -0.394 e. The highest BCUT2D eigenvalue weighted by Gasteiger charge is 2.68. The molecule has 52 heavy (non-hydrogen) atoms. The Hall–Kier alpha value is -1.29. The first-order valence-corrected chi connectivity index (χ1v) is 20.1. The number of hydrogen-bond acceptors (Lipinski definition) is 12. The molecule has 10 heterocycles. The van der Waals surface area contributed by atoms with Gasteiger partial charge in [0, 0.05) is 51.6 Å². The van der Waals surface area contributed by atoms with Crippen molar-refractivity contribution in [2.75, 3.05) is 13.7 Å². The number of carbonyl (C=O) groups excluding carboxylic acids is 1. The van der Waals surface area contributed by atoms with Crippen LogP contribution in [-0.4, -0.2) is 133 Å². The van der Waals surface area contributed by atoms with E-state index in [1.807, 2.05) is 0 Å². The Kier molecular flexibility index (Phi) is 10.0. The summed E-state index contributed by atoms with van der Waals surface area (Å²) in [6.07, 6.45) is 4.01. The van der Waals surface area contributed by atoms with E-state index in [0.717, 1.165) is 49.7 Å². The van der Waals surface area contributed by atoms with Gasteiger partial charge in [-0.25, -0.2) is 0 Å². The molecule has 2 N–H and O–H groups in total. The molecular formula is C40H58O12. The second kappa shape index (κ2) is 14.3. The molecule has 0 aromatic carbocycles. The predicted molar refractivity (Wildman–Crippen MR) is 184 cm³/mol. The fourth-order valence-corrected chi connectivity index (χ4v) is 11.3. The van der Waals surface area contributed by atoms with Crippen molar-refractivity contribution >= 4 is 5.78 Å². The number of fused-ring (bicyclic) bond motifs is 6. The van der Waals surface area contributed by atoms with E-state index in [-0.39, 0.29) is 123 Å². The third kappa shape index (κ3) is 6.59. The molecule has 0 aromatic rings. The van der Waals surface area contributed by atoms with Crippen LogP contribution in [0.25, 0.3) is 0 Å². The first-order valence-electron chi connectivity index (χ1n) is 20.1. The van der Waals surface area contributed by atoms with Gasteiger partial charge in [-0.1, -0.05) is 20.1 Å². The normalized spacial score (nSPS) is 52.4. The summed E-state index contributed by atoms with van der Waals surface area (Å²) in [5.41, 5.74) is 2.17. The van der Waals surface area contributed by atoms with Gasteiger partial charge in [0.05, 0.1) is 73.8 Å². The summed E-state index contributed by atoms with van der Waals surface area (Å²) in [7, 11) is 1.63. The first-order chi connectivity index (χ1) is 25.1. The summed E-state index contributed by atoms with van der Waals surface area (Å²) in [6, 6.07) is 0. The number of ketones is 1. The maximum absolute atomic E-state index is 14.0. The minimum atomic E-state index is -0.951. The van der Waals surface area contributed by atoms with Crippen LogP contribution in [0.4, 0.5) is 0 Å². The Labute approximate surface area is 306 Å². The van der Waals surface area contributed by atoms with Gasteiger partial charge in [-0.3, -0.25) is 4.79 Å². The molecule has 0 radical (unpaired) electrons. The van der Waals surface area contributed by atoms with Crippen LogP contribution in [0.1, 0.15) is 90.4 Å². The zero-order valence-corrected chi connectivity index (χ0v) is 30.7. The van der Waals surface area contributed by atoms with Crippen LogP contribution in [0.15, 0.2) is 24.3 Å². The maximum atomic E-state index is 14.0. The molecule has 12 nitrogen and oxygen atoms in total. The van der Waals surface area contributed by atoms with Crippen molar-refractivity contribution in [2.24, 2.45) is 11.8 Å². The highest BCUT2D eigenvalue weighted by Crippen LogP contribution is 2.54. The lowest BCUT2D eigenvalue weighted by molar-refractivity contribution is -0.292. The average Bonchev–Trinajstić information content (AvgIpc) is 3.79. The molecule has 12 bridgehead atoms. The van der Waals surface area contributed by atoms with E-state index in [2.05, 4.69) is 20.1 Å². The molecule has 290 valence electrons. The quantitative estimate of drug-likeness (QED) is 0.410. The number of ether oxygens (including phenoxy) is 9. The Balaban J connectivity index is 0.994. The van der Waals surface area contributed by atoms with Crippen molar-refractivity contribution < 1.29 is 57.6 Å². The van der Waals surface area contributed by atoms with Crippen LogP contribution in [0.3, 0.4) is 0 Å². The number of methoxy groups -OCH3 is 1. The van der Waals surface area contributed by atoms with Crippen molar-refractivity contribution in [2.45, 2.75) is 194 Å². The monoisotopic (exact) mass is 730 g/mol. The largest absolute Gasteiger partial charge is 0.394 e. The van der Waals surface area contributed by atoms with Crippen LogP contribution in [0.5, 0.6) is 0 Å². The number of aliphatic hydroxyl groups excluding tert-OH is 2. The van der Waals surface area contributed by atoms with Gasteiger partial charge >= 0.3 is 0 Å². The summed E-state index contributed by atoms with van der Waals surface area (Å²) in [5, 5.41) is 20.1. The average molecular weight is 731 g/mol. The molecule has 10 aliphatic heterocycles. The summed E-state index contributed by atoms with van der Waals surface area (Å²) in [5.74, 6) is -0.709. The molecule has 10 fully saturated rings. The van der Waals surface area contributed by atoms with E-state index in [0.29, 0.717) is 25.7 Å². The predicted octanol–water partition coefficient (Wildman–Crippen LogP) is 3.47. The van der Waals surface area contributed by atoms with Crippen LogP contribution in [0, 0.1) is 11.8 Å². The third-order valence-corrected chi connectivity index (χ3v) is 13.9. The molecule has 0 saturated carbocycles. The zero-order chi connectivity index (χ0) is 35.9. The van der Waals surface area contributed by atoms with Crippen molar-refractivity contribution in [1.82, 2.24) is 0 Å². The maximum Gasteiger partial charge on any atom is 0.172 e. The van der Waals surface area contributed by atoms with Crippen LogP contribution in [-0.2, 0) is 47.4 Å². The molecule has 0 aromatic heterocycles. The lowest BCUT2D eigenvalue weighted by atomic mass is 9.81. The molecule has 12 unspecified atom stereocenters. The SMILES string of the molecule is C=C1C2CC3OC(CC(O)CO)[C@H](OC)C3CC(=O)CC3CCC4O[C@@H]5C6O[C@@H]7C[C@](CCC8CC(=C)[C@H](CCC(C[C@H]1C)O2)O8)(OC6[C@H]4O3)OC57. The summed E-state index contributed by atoms with van der Waals surface area (Å²) in [4.78, 5) is 14.0. The van der Waals surface area contributed by atoms with Gasteiger partial charge in [0.1, 0.15) is 36.3 Å². The van der Waals surface area contributed by atoms with E-state index in [9.17, 15) is 15.0 Å². The molecule has 1 spiro atoms. The number of aliphatic hydroxyl groups is 2. The highest BCUT2D eigenvalue weighted by atomic mass is 16.8. The number of Topliss-reactive ketones (excluding diaryl/α,β-unsaturated/α-hetero) is 1. The van der Waals surface area contributed by atoms with E-state index >= 15 is 0 Å². The topological polar surface area (TPSA) is 141 Å². The lowest BCUT2D eigenvalue weighted by Gasteiger charge is -2.47. The molecule has 10 rings (SSSR count). The van der Waals surface area contributed by atoms with Crippen molar-refractivity contribution in [1.29, 1.82) is 0 Å². The molecule has 19 atom stereocenters. The molecule has 0 aliphatic carbocycles. The van der Waals surface area contributed by atoms with Gasteiger partial charge in [-0.2, -0.15) is 0 Å². The second-order valence-electron chi connectivity index (χ2n) is 17.4. The summed E-state index contributed by atoms with van der Waals surface area (Å²) in [6.45, 7) is 10.7. The smallest absolute Gasteiger partial charge is 0.172 e. The van der Waals surface area contributed by atoms with Crippen LogP contribution in [0.2, 0.25) is 0 Å². The third-order valence-electron chi connectivity index (χ3n) is 13.9. The summed E-state index contributed by atoms with van der Waals surface area (Å²) >= 11 is 0. The Bertz CT molecular complexity index is 1370. The number of hydrogen-bond donors (Lipinski definition) is 2. The van der Waals surface area contributed by atoms with E-state index in [1.54, 1.807) is 7.11 Å². The zero-order valence-electron chi connectivity index (χ0n) is 30.7. The molecule has 10 saturated heterocycles. The molecular weight excluding hydrogens is 672 g/mol. The molecule has 12 heteroatoms. The van der Waals surface area contributed by atoms with Crippen LogP contribution >= 0.6 is 0 Å². The van der Waals surface area contributed by atoms with E-state index in [1.165, 1.54) is 0 Å². The van der Waals surface area contributed by atoms with Crippen molar-refractivity contribution in [3.05, 3.63) is 24.3 Å². The van der Waals surface area contributed by atoms with Gasteiger partial charge in [-0.15, -0.1) is 0 Å². The number of rotatable bonds is 4. The summed E-state index contributed by atoms with van der Waals surface area (Å²) < 4.78 is 59.8. The Morgan fingerprint density at radius 1 is 0.788 bits per heavy atom. The van der Waals surface area contributed by atoms with Crippen LogP contribution < -0.4 is 0 Å². The van der Waals surface area contributed by atoms with E-state index < -0.39 is 24.1 Å². The molecule has 0 amide bonds. The fourth-order valence-electron chi connectivity index (χ4n) is 11.3. The van der Waals surface area contributed by atoms with Gasteiger partial charge in [0.2, 0.25) is 0 Å². The van der Waals surface area contributed by atoms with Crippen molar-refractivity contribution in [3.8, 4) is 0 Å². The standard InChI is InChI=1S/C40H58O12/c1-19-11-24-5-7-28-20(2)12-26(45-28)9-10-40-17-33-36(51-40)37-38(50-33)39(52-40)35-29(49-37)8-6-25(47-35)13-22(42)14-27-31(16-30(46-24)21(19)3)48-32(34(27)44-4)15-23(43)18-41/h19,23-39,41,43H,2-3,5-18H2,1,4H3/t19-,23?,24?,25?,26?,27?,28+,29?,30?,31?,32?,33-,34-,35+,36?,37+,38?,39?,40+/m1/s1. The first kappa shape index (κ1) is 36.4. The highest BCUT2D eigenvalue weighted by molar-refractivity contribution is 5.79. The lowest BCUT2D eigenvalue weighted by Crippen LogP contribution is -2.61. The second-order valence-corrected chi connectivity index (χ2v) is 17.4. The van der Waals surface area contributed by atoms with Crippen molar-refractivity contribution in [3.63, 3.8) is 0 Å². The van der Waals surface area contributed by atoms with E-state index in [4.69, 9.17) is 42.6 Å². The Morgan fingerprint density at radius 2 is 1.54 bits per heavy atom.